The Morgan fingerprint density at radius 1 is 1.10 bits per heavy atom. The number of aromatic nitrogens is 4. The van der Waals surface area contributed by atoms with Crippen LogP contribution in [0.4, 0.5) is 14.6 Å². The Labute approximate surface area is 243 Å². The van der Waals surface area contributed by atoms with E-state index < -0.39 is 12.0 Å². The van der Waals surface area contributed by atoms with Gasteiger partial charge in [0.2, 0.25) is 0 Å². The Balaban J connectivity index is 1.25. The maximum Gasteiger partial charge on any atom is 0.319 e. The number of hydrogen-bond donors (Lipinski definition) is 1. The summed E-state index contributed by atoms with van der Waals surface area (Å²) in [6.07, 6.45) is 9.71. The molecule has 8 nitrogen and oxygen atoms in total. The van der Waals surface area contributed by atoms with Gasteiger partial charge >= 0.3 is 6.01 Å². The van der Waals surface area contributed by atoms with Gasteiger partial charge in [0, 0.05) is 67.7 Å². The molecule has 4 saturated heterocycles. The van der Waals surface area contributed by atoms with E-state index in [2.05, 4.69) is 43.1 Å². The van der Waals surface area contributed by atoms with Gasteiger partial charge in [-0.05, 0) is 49.6 Å². The molecule has 4 atom stereocenters. The molecule has 0 aliphatic carbocycles. The molecule has 7 heterocycles. The third-order valence-corrected chi connectivity index (χ3v) is 9.90. The quantitative estimate of drug-likeness (QED) is 0.353. The first kappa shape index (κ1) is 26.2. The highest BCUT2D eigenvalue weighted by Gasteiger charge is 2.49. The van der Waals surface area contributed by atoms with Gasteiger partial charge in [-0.25, -0.2) is 8.78 Å². The molecule has 0 spiro atoms. The first-order valence-corrected chi connectivity index (χ1v) is 15.3. The molecule has 4 fully saturated rings. The van der Waals surface area contributed by atoms with Gasteiger partial charge in [-0.1, -0.05) is 25.1 Å². The second-order valence-electron chi connectivity index (χ2n) is 12.5. The van der Waals surface area contributed by atoms with Crippen molar-refractivity contribution in [2.24, 2.45) is 0 Å². The number of aryl methyl sites for hydroxylation is 1. The predicted octanol–water partition coefficient (Wildman–Crippen LogP) is 4.84. The van der Waals surface area contributed by atoms with Crippen LogP contribution in [0.15, 0.2) is 36.8 Å². The lowest BCUT2D eigenvalue weighted by atomic mass is 9.95. The summed E-state index contributed by atoms with van der Waals surface area (Å²) < 4.78 is 37.4. The number of nitrogens with one attached hydrogen (secondary N) is 1. The molecule has 4 aromatic rings. The van der Waals surface area contributed by atoms with Crippen LogP contribution in [-0.2, 0) is 6.42 Å². The van der Waals surface area contributed by atoms with Crippen LogP contribution < -0.4 is 15.0 Å². The van der Waals surface area contributed by atoms with Gasteiger partial charge in [-0.3, -0.25) is 14.9 Å². The van der Waals surface area contributed by atoms with Crippen molar-refractivity contribution in [1.29, 1.82) is 0 Å². The molecule has 2 bridgehead atoms. The lowest BCUT2D eigenvalue weighted by molar-refractivity contribution is 0.107. The molecule has 1 N–H and O–H groups in total. The summed E-state index contributed by atoms with van der Waals surface area (Å²) in [4.78, 5) is 23.0. The zero-order chi connectivity index (χ0) is 28.4. The molecule has 0 radical (unpaired) electrons. The van der Waals surface area contributed by atoms with Crippen LogP contribution >= 0.6 is 0 Å². The average Bonchev–Trinajstić information content (AvgIpc) is 3.65. The third-order valence-electron chi connectivity index (χ3n) is 9.90. The van der Waals surface area contributed by atoms with Crippen molar-refractivity contribution in [3.05, 3.63) is 48.2 Å². The van der Waals surface area contributed by atoms with Gasteiger partial charge in [0.1, 0.15) is 29.8 Å². The second kappa shape index (κ2) is 10.1. The van der Waals surface area contributed by atoms with Crippen LogP contribution in [0.25, 0.3) is 32.9 Å². The summed E-state index contributed by atoms with van der Waals surface area (Å²) in [7, 11) is 0. The number of benzene rings is 1. The minimum absolute atomic E-state index is 0.133. The topological polar surface area (TPSA) is 79.3 Å². The van der Waals surface area contributed by atoms with E-state index in [1.807, 2.05) is 12.1 Å². The van der Waals surface area contributed by atoms with E-state index in [4.69, 9.17) is 9.72 Å². The standard InChI is InChI=1S/C32H35F2N7O/c1-2-19-5-3-6-20-12-35-13-24(26(19)20)28-27(34)29-25(14-36-28)30(40-16-22-7-8-23(17-40)37-22)39-31(38-29)42-18-32-9-4-10-41(32)15-21(33)11-32/h3,5-6,12-14,21-23,37H,2,4,7-11,15-18H2,1H3/t21-,22?,23?,32?/m1/s1. The lowest BCUT2D eigenvalue weighted by Gasteiger charge is -2.34. The van der Waals surface area contributed by atoms with Gasteiger partial charge in [0.05, 0.1) is 10.9 Å². The monoisotopic (exact) mass is 571 g/mol. The van der Waals surface area contributed by atoms with Crippen molar-refractivity contribution in [2.45, 2.75) is 69.2 Å². The van der Waals surface area contributed by atoms with Crippen molar-refractivity contribution in [2.75, 3.05) is 37.7 Å². The van der Waals surface area contributed by atoms with Crippen molar-refractivity contribution in [3.8, 4) is 17.3 Å². The first-order chi connectivity index (χ1) is 20.5. The van der Waals surface area contributed by atoms with Crippen molar-refractivity contribution < 1.29 is 13.5 Å². The van der Waals surface area contributed by atoms with Gasteiger partial charge in [-0.2, -0.15) is 9.97 Å². The lowest BCUT2D eigenvalue weighted by Crippen LogP contribution is -2.51. The summed E-state index contributed by atoms with van der Waals surface area (Å²) in [5, 5.41) is 6.12. The molecule has 4 aliphatic heterocycles. The molecule has 10 heteroatoms. The fourth-order valence-corrected chi connectivity index (χ4v) is 7.92. The highest BCUT2D eigenvalue weighted by atomic mass is 19.1. The number of piperazine rings is 1. The van der Waals surface area contributed by atoms with Crippen LogP contribution in [0.2, 0.25) is 0 Å². The van der Waals surface area contributed by atoms with E-state index in [-0.39, 0.29) is 29.4 Å². The molecule has 8 rings (SSSR count). The number of halogens is 2. The largest absolute Gasteiger partial charge is 0.461 e. The highest BCUT2D eigenvalue weighted by molar-refractivity contribution is 6.00. The fraction of sp³-hybridized carbons (Fsp3) is 0.500. The van der Waals surface area contributed by atoms with Gasteiger partial charge in [0.15, 0.2) is 5.82 Å². The Bertz CT molecular complexity index is 1670. The summed E-state index contributed by atoms with van der Waals surface area (Å²) in [5.41, 5.74) is 1.81. The Kier molecular flexibility index (Phi) is 6.26. The summed E-state index contributed by atoms with van der Waals surface area (Å²) in [6.45, 7) is 5.25. The zero-order valence-corrected chi connectivity index (χ0v) is 23.8. The van der Waals surface area contributed by atoms with E-state index in [9.17, 15) is 4.39 Å². The number of rotatable bonds is 6. The number of pyridine rings is 2. The zero-order valence-electron chi connectivity index (χ0n) is 23.8. The molecule has 4 aliphatic rings. The Morgan fingerprint density at radius 3 is 2.79 bits per heavy atom. The van der Waals surface area contributed by atoms with E-state index in [1.165, 1.54) is 0 Å². The predicted molar refractivity (Wildman–Crippen MR) is 158 cm³/mol. The molecule has 3 aromatic heterocycles. The van der Waals surface area contributed by atoms with E-state index in [0.29, 0.717) is 41.8 Å². The van der Waals surface area contributed by atoms with Crippen LogP contribution in [-0.4, -0.2) is 81.4 Å². The minimum Gasteiger partial charge on any atom is -0.461 e. The molecular formula is C32H35F2N7O. The summed E-state index contributed by atoms with van der Waals surface area (Å²) in [5.74, 6) is 0.136. The van der Waals surface area contributed by atoms with E-state index in [0.717, 1.165) is 68.1 Å². The van der Waals surface area contributed by atoms with E-state index in [1.54, 1.807) is 18.6 Å². The van der Waals surface area contributed by atoms with Crippen molar-refractivity contribution in [1.82, 2.24) is 30.2 Å². The smallest absolute Gasteiger partial charge is 0.319 e. The average molecular weight is 572 g/mol. The van der Waals surface area contributed by atoms with Crippen LogP contribution in [0, 0.1) is 5.82 Å². The molecule has 1 aromatic carbocycles. The maximum absolute atomic E-state index is 16.7. The van der Waals surface area contributed by atoms with Crippen LogP contribution in [0.3, 0.4) is 0 Å². The SMILES string of the molecule is CCc1cccc2cncc(-c3ncc4c(N5CC6CCC(C5)N6)nc(OCC56CCCN5C[C@H](F)C6)nc4c3F)c12. The molecular weight excluding hydrogens is 536 g/mol. The molecule has 3 unspecified atom stereocenters. The fourth-order valence-electron chi connectivity index (χ4n) is 7.92. The van der Waals surface area contributed by atoms with E-state index >= 15 is 4.39 Å². The van der Waals surface area contributed by atoms with Crippen molar-refractivity contribution >= 4 is 27.5 Å². The molecule has 218 valence electrons. The minimum atomic E-state index is -0.855. The summed E-state index contributed by atoms with van der Waals surface area (Å²) in [6, 6.07) is 6.93. The molecule has 42 heavy (non-hydrogen) atoms. The highest BCUT2D eigenvalue weighted by Crippen LogP contribution is 2.41. The second-order valence-corrected chi connectivity index (χ2v) is 12.5. The number of hydrogen-bond acceptors (Lipinski definition) is 8. The molecule has 0 saturated carbocycles. The third kappa shape index (κ3) is 4.21. The van der Waals surface area contributed by atoms with Crippen molar-refractivity contribution in [3.63, 3.8) is 0 Å². The molecule has 0 amide bonds. The van der Waals surface area contributed by atoms with Gasteiger partial charge in [0.25, 0.3) is 0 Å². The van der Waals surface area contributed by atoms with Gasteiger partial charge in [-0.15, -0.1) is 0 Å². The summed E-state index contributed by atoms with van der Waals surface area (Å²) >= 11 is 0. The van der Waals surface area contributed by atoms with Gasteiger partial charge < -0.3 is 15.0 Å². The number of anilines is 1. The number of nitrogens with zero attached hydrogens (tertiary/aromatic N) is 6. The van der Waals surface area contributed by atoms with Crippen LogP contribution in [0.5, 0.6) is 6.01 Å². The number of fused-ring (bicyclic) bond motifs is 5. The normalized spacial score (nSPS) is 27.3. The number of ether oxygens (including phenoxy) is 1. The maximum atomic E-state index is 16.7. The van der Waals surface area contributed by atoms with Crippen LogP contribution in [0.1, 0.15) is 44.6 Å². The Hall–Kier alpha value is -3.50. The number of alkyl halides is 1. The Morgan fingerprint density at radius 2 is 1.95 bits per heavy atom. The first-order valence-electron chi connectivity index (χ1n) is 15.3.